The van der Waals surface area contributed by atoms with Crippen molar-refractivity contribution in [2.75, 3.05) is 0 Å². The summed E-state index contributed by atoms with van der Waals surface area (Å²) in [6, 6.07) is 5.56. The van der Waals surface area contributed by atoms with Gasteiger partial charge in [0, 0.05) is 32.3 Å². The molecule has 1 aliphatic rings. The number of halogens is 1. The SMILES string of the molecule is CC1(C)OB(c2cccc(C#CSI)c2C=O)OC1(C)C. The van der Waals surface area contributed by atoms with E-state index in [0.717, 1.165) is 11.7 Å². The first-order valence-electron chi connectivity index (χ1n) is 6.55. The summed E-state index contributed by atoms with van der Waals surface area (Å²) in [4.78, 5) is 11.5. The van der Waals surface area contributed by atoms with Gasteiger partial charge in [0.05, 0.1) is 11.2 Å². The lowest BCUT2D eigenvalue weighted by Crippen LogP contribution is -2.41. The van der Waals surface area contributed by atoms with Gasteiger partial charge in [0.2, 0.25) is 0 Å². The standard InChI is InChI=1S/C15H16BIO3S/c1-14(2)15(3,4)20-16(19-14)13-7-5-6-11(8-9-21-17)12(13)10-18/h5-7,10H,1-4H3. The summed E-state index contributed by atoms with van der Waals surface area (Å²) in [5.41, 5.74) is 1.10. The molecule has 0 atom stereocenters. The molecule has 1 heterocycles. The predicted molar refractivity (Wildman–Crippen MR) is 96.0 cm³/mol. The molecule has 0 radical (unpaired) electrons. The molecule has 2 rings (SSSR count). The van der Waals surface area contributed by atoms with E-state index in [9.17, 15) is 4.79 Å². The van der Waals surface area contributed by atoms with Gasteiger partial charge in [0.25, 0.3) is 0 Å². The van der Waals surface area contributed by atoms with Gasteiger partial charge < -0.3 is 9.31 Å². The second-order valence-corrected chi connectivity index (χ2v) is 7.50. The van der Waals surface area contributed by atoms with Gasteiger partial charge in [0.1, 0.15) is 0 Å². The van der Waals surface area contributed by atoms with Gasteiger partial charge in [-0.15, -0.1) is 0 Å². The van der Waals surface area contributed by atoms with Crippen molar-refractivity contribution < 1.29 is 14.1 Å². The molecule has 1 aromatic rings. The second kappa shape index (κ2) is 6.33. The van der Waals surface area contributed by atoms with Crippen molar-refractivity contribution in [2.24, 2.45) is 0 Å². The molecule has 0 aromatic heterocycles. The molecule has 0 aliphatic carbocycles. The summed E-state index contributed by atoms with van der Waals surface area (Å²) in [6.45, 7) is 7.96. The normalized spacial score (nSPS) is 19.0. The quantitative estimate of drug-likeness (QED) is 0.323. The summed E-state index contributed by atoms with van der Waals surface area (Å²) in [5.74, 6) is 2.98. The third-order valence-electron chi connectivity index (χ3n) is 3.99. The van der Waals surface area contributed by atoms with E-state index in [4.69, 9.17) is 9.31 Å². The van der Waals surface area contributed by atoms with E-state index in [2.05, 4.69) is 32.4 Å². The molecule has 110 valence electrons. The zero-order chi connectivity index (χ0) is 15.7. The maximum absolute atomic E-state index is 11.5. The van der Waals surface area contributed by atoms with Crippen LogP contribution in [-0.2, 0) is 9.31 Å². The van der Waals surface area contributed by atoms with E-state index < -0.39 is 18.3 Å². The van der Waals surface area contributed by atoms with Crippen molar-refractivity contribution in [1.29, 1.82) is 0 Å². The van der Waals surface area contributed by atoms with Crippen molar-refractivity contribution in [2.45, 2.75) is 38.9 Å². The number of hydrogen-bond donors (Lipinski definition) is 0. The van der Waals surface area contributed by atoms with Crippen molar-refractivity contribution in [3.05, 3.63) is 29.3 Å². The molecule has 0 unspecified atom stereocenters. The Balaban J connectivity index is 2.44. The number of carbonyl (C=O) groups excluding carboxylic acids is 1. The van der Waals surface area contributed by atoms with Gasteiger partial charge in [-0.1, -0.05) is 18.1 Å². The highest BCUT2D eigenvalue weighted by Gasteiger charge is 2.52. The van der Waals surface area contributed by atoms with Gasteiger partial charge in [0.15, 0.2) is 6.29 Å². The Morgan fingerprint density at radius 3 is 2.38 bits per heavy atom. The van der Waals surface area contributed by atoms with Gasteiger partial charge in [-0.3, -0.25) is 4.79 Å². The van der Waals surface area contributed by atoms with E-state index in [0.29, 0.717) is 11.1 Å². The Bertz CT molecular complexity index is 603. The average molecular weight is 414 g/mol. The van der Waals surface area contributed by atoms with Crippen LogP contribution in [0, 0.1) is 11.2 Å². The van der Waals surface area contributed by atoms with Crippen LogP contribution in [-0.4, -0.2) is 24.6 Å². The lowest BCUT2D eigenvalue weighted by molar-refractivity contribution is 0.00578. The van der Waals surface area contributed by atoms with Gasteiger partial charge in [-0.05, 0) is 53.4 Å². The highest BCUT2D eigenvalue weighted by atomic mass is 127. The first-order chi connectivity index (χ1) is 9.82. The van der Waals surface area contributed by atoms with Gasteiger partial charge in [-0.2, -0.15) is 0 Å². The smallest absolute Gasteiger partial charge is 0.399 e. The Kier molecular flexibility index (Phi) is 5.09. The minimum atomic E-state index is -0.552. The fourth-order valence-corrected chi connectivity index (χ4v) is 2.55. The maximum atomic E-state index is 11.5. The molecule has 0 N–H and O–H groups in total. The number of hydrogen-bond acceptors (Lipinski definition) is 4. The second-order valence-electron chi connectivity index (χ2n) is 5.82. The van der Waals surface area contributed by atoms with Crippen LogP contribution in [0.1, 0.15) is 43.6 Å². The van der Waals surface area contributed by atoms with Crippen LogP contribution < -0.4 is 5.46 Å². The summed E-state index contributed by atoms with van der Waals surface area (Å²) in [6.07, 6.45) is 0.822. The van der Waals surface area contributed by atoms with Crippen LogP contribution in [0.15, 0.2) is 18.2 Å². The molecule has 1 aromatic carbocycles. The molecule has 3 nitrogen and oxygen atoms in total. The number of benzene rings is 1. The zero-order valence-corrected chi connectivity index (χ0v) is 15.4. The number of rotatable bonds is 2. The average Bonchev–Trinajstić information content (AvgIpc) is 2.64. The molecule has 21 heavy (non-hydrogen) atoms. The predicted octanol–water partition coefficient (Wildman–Crippen LogP) is 3.19. The molecule has 1 fully saturated rings. The third kappa shape index (κ3) is 3.31. The Labute approximate surface area is 142 Å². The minimum absolute atomic E-state index is 0.433. The molecule has 1 saturated heterocycles. The minimum Gasteiger partial charge on any atom is -0.399 e. The molecule has 0 spiro atoms. The third-order valence-corrected chi connectivity index (χ3v) is 4.83. The van der Waals surface area contributed by atoms with Gasteiger partial charge in [-0.25, -0.2) is 0 Å². The summed E-state index contributed by atoms with van der Waals surface area (Å²) >= 11 is 2.10. The fraction of sp³-hybridized carbons (Fsp3) is 0.400. The molecule has 6 heteroatoms. The summed E-state index contributed by atoms with van der Waals surface area (Å²) in [7, 11) is 0.832. The van der Waals surface area contributed by atoms with Crippen LogP contribution >= 0.6 is 30.1 Å². The molecule has 0 saturated carbocycles. The molecule has 0 bridgehead atoms. The molecule has 0 amide bonds. The topological polar surface area (TPSA) is 35.5 Å². The van der Waals surface area contributed by atoms with Crippen molar-refractivity contribution in [3.8, 4) is 11.2 Å². The zero-order valence-electron chi connectivity index (χ0n) is 12.4. The fourth-order valence-electron chi connectivity index (χ4n) is 2.07. The van der Waals surface area contributed by atoms with Crippen molar-refractivity contribution in [3.63, 3.8) is 0 Å². The molecule has 1 aliphatic heterocycles. The summed E-state index contributed by atoms with van der Waals surface area (Å²) < 4.78 is 12.0. The van der Waals surface area contributed by atoms with Crippen LogP contribution in [0.2, 0.25) is 0 Å². The highest BCUT2D eigenvalue weighted by Crippen LogP contribution is 2.36. The molecular formula is C15H16BIO3S. The first kappa shape index (κ1) is 16.9. The van der Waals surface area contributed by atoms with E-state index >= 15 is 0 Å². The lowest BCUT2D eigenvalue weighted by Gasteiger charge is -2.32. The maximum Gasteiger partial charge on any atom is 0.495 e. The first-order valence-corrected chi connectivity index (χ1v) is 9.90. The monoisotopic (exact) mass is 414 g/mol. The van der Waals surface area contributed by atoms with Crippen LogP contribution in [0.25, 0.3) is 0 Å². The van der Waals surface area contributed by atoms with E-state index in [1.54, 1.807) is 0 Å². The largest absolute Gasteiger partial charge is 0.495 e. The Hall–Kier alpha value is -0.485. The Morgan fingerprint density at radius 1 is 1.24 bits per heavy atom. The van der Waals surface area contributed by atoms with E-state index in [1.807, 2.05) is 45.9 Å². The number of carbonyl (C=O) groups is 1. The van der Waals surface area contributed by atoms with Crippen molar-refractivity contribution in [1.82, 2.24) is 0 Å². The van der Waals surface area contributed by atoms with Crippen molar-refractivity contribution >= 4 is 49.0 Å². The summed E-state index contributed by atoms with van der Waals surface area (Å²) in [5, 5.41) is 2.90. The van der Waals surface area contributed by atoms with Crippen LogP contribution in [0.4, 0.5) is 0 Å². The number of aldehydes is 1. The lowest BCUT2D eigenvalue weighted by atomic mass is 9.75. The van der Waals surface area contributed by atoms with Gasteiger partial charge >= 0.3 is 7.12 Å². The van der Waals surface area contributed by atoms with E-state index in [1.165, 1.54) is 8.93 Å². The van der Waals surface area contributed by atoms with Crippen LogP contribution in [0.5, 0.6) is 0 Å². The van der Waals surface area contributed by atoms with E-state index in [-0.39, 0.29) is 0 Å². The van der Waals surface area contributed by atoms with Crippen LogP contribution in [0.3, 0.4) is 0 Å². The molecular weight excluding hydrogens is 398 g/mol. The Morgan fingerprint density at radius 2 is 1.86 bits per heavy atom. The highest BCUT2D eigenvalue weighted by molar-refractivity contribution is 14.2.